The number of anilines is 1. The third-order valence-electron chi connectivity index (χ3n) is 7.95. The zero-order valence-electron chi connectivity index (χ0n) is 24.4. The number of pyridine rings is 1. The SMILES string of the molecule is C[C@@]1(O)CCC[C@H]1n1c(=O)c(C#C[Si](C)(C)C)cc2cnc(NC3CCN(S(=O)(=O)c4ccccc4C#N)CC3)nc21. The molecule has 42 heavy (non-hydrogen) atoms. The van der Waals surface area contributed by atoms with Crippen molar-refractivity contribution in [1.29, 1.82) is 5.26 Å². The summed E-state index contributed by atoms with van der Waals surface area (Å²) in [6.07, 6.45) is 4.75. The number of hydrogen-bond donors (Lipinski definition) is 2. The van der Waals surface area contributed by atoms with Gasteiger partial charge in [0.05, 0.1) is 27.7 Å². The molecule has 1 aliphatic heterocycles. The highest BCUT2D eigenvalue weighted by molar-refractivity contribution is 7.89. The molecule has 1 aromatic carbocycles. The number of benzene rings is 1. The van der Waals surface area contributed by atoms with Gasteiger partial charge in [-0.3, -0.25) is 9.36 Å². The van der Waals surface area contributed by atoms with Gasteiger partial charge >= 0.3 is 0 Å². The lowest BCUT2D eigenvalue weighted by atomic mass is 9.99. The van der Waals surface area contributed by atoms with Crippen LogP contribution in [0.3, 0.4) is 0 Å². The normalized spacial score (nSPS) is 22.0. The molecule has 5 rings (SSSR count). The van der Waals surface area contributed by atoms with Crippen molar-refractivity contribution in [3.8, 4) is 17.5 Å². The van der Waals surface area contributed by atoms with E-state index in [-0.39, 0.29) is 35.1 Å². The van der Waals surface area contributed by atoms with Crippen molar-refractivity contribution in [2.24, 2.45) is 0 Å². The zero-order valence-corrected chi connectivity index (χ0v) is 26.2. The van der Waals surface area contributed by atoms with Crippen molar-refractivity contribution in [2.45, 2.75) is 81.2 Å². The molecule has 2 N–H and O–H groups in total. The minimum atomic E-state index is -3.80. The largest absolute Gasteiger partial charge is 0.388 e. The number of nitrogens with one attached hydrogen (secondary N) is 1. The van der Waals surface area contributed by atoms with E-state index in [9.17, 15) is 23.6 Å². The summed E-state index contributed by atoms with van der Waals surface area (Å²) in [6.45, 7) is 8.68. The summed E-state index contributed by atoms with van der Waals surface area (Å²) in [7, 11) is -5.54. The van der Waals surface area contributed by atoms with E-state index in [0.717, 1.165) is 6.42 Å². The van der Waals surface area contributed by atoms with Crippen molar-refractivity contribution >= 4 is 35.1 Å². The molecule has 0 radical (unpaired) electrons. The second kappa shape index (κ2) is 11.3. The molecule has 0 unspecified atom stereocenters. The predicted molar refractivity (Wildman–Crippen MR) is 164 cm³/mol. The molecule has 12 heteroatoms. The standard InChI is InChI=1S/C30H36N6O4SSi/c1-30(38)14-7-10-26(30)36-27-23(18-21(28(36)37)13-17-42(2,3)4)20-32-29(34-27)33-24-11-15-35(16-12-24)41(39,40)25-9-6-5-8-22(25)19-31/h5-6,8-9,18,20,24,26,38H,7,10-12,14-16H2,1-4H3,(H,32,33,34)/t26-,30-/m1/s1. The first-order valence-corrected chi connectivity index (χ1v) is 19.2. The number of sulfonamides is 1. The molecule has 2 aromatic heterocycles. The van der Waals surface area contributed by atoms with E-state index in [2.05, 4.69) is 41.4 Å². The lowest BCUT2D eigenvalue weighted by Gasteiger charge is -2.32. The Morgan fingerprint density at radius 1 is 1.14 bits per heavy atom. The average Bonchev–Trinajstić information content (AvgIpc) is 3.30. The van der Waals surface area contributed by atoms with Crippen molar-refractivity contribution in [1.82, 2.24) is 18.8 Å². The molecule has 3 heterocycles. The van der Waals surface area contributed by atoms with Gasteiger partial charge in [-0.1, -0.05) is 37.7 Å². The van der Waals surface area contributed by atoms with Gasteiger partial charge in [-0.15, -0.1) is 5.54 Å². The molecule has 0 amide bonds. The van der Waals surface area contributed by atoms with Crippen LogP contribution in [0, 0.1) is 22.8 Å². The number of piperidine rings is 1. The third kappa shape index (κ3) is 5.99. The minimum Gasteiger partial charge on any atom is -0.388 e. The summed E-state index contributed by atoms with van der Waals surface area (Å²) in [5.41, 5.74) is 2.91. The number of rotatable bonds is 5. The summed E-state index contributed by atoms with van der Waals surface area (Å²) >= 11 is 0. The van der Waals surface area contributed by atoms with Gasteiger partial charge in [-0.05, 0) is 57.2 Å². The van der Waals surface area contributed by atoms with E-state index in [1.807, 2.05) is 6.07 Å². The summed E-state index contributed by atoms with van der Waals surface area (Å²) in [5.74, 6) is 3.44. The van der Waals surface area contributed by atoms with Crippen molar-refractivity contribution in [2.75, 3.05) is 18.4 Å². The maximum Gasteiger partial charge on any atom is 0.268 e. The first-order valence-electron chi connectivity index (χ1n) is 14.2. The van der Waals surface area contributed by atoms with Gasteiger partial charge in [-0.2, -0.15) is 14.6 Å². The van der Waals surface area contributed by atoms with E-state index in [1.54, 1.807) is 35.9 Å². The van der Waals surface area contributed by atoms with Crippen molar-refractivity contribution < 1.29 is 13.5 Å². The monoisotopic (exact) mass is 604 g/mol. The first-order chi connectivity index (χ1) is 19.8. The maximum absolute atomic E-state index is 13.8. The number of hydrogen-bond acceptors (Lipinski definition) is 8. The van der Waals surface area contributed by atoms with Crippen LogP contribution in [0.5, 0.6) is 0 Å². The van der Waals surface area contributed by atoms with Crippen LogP contribution < -0.4 is 10.9 Å². The van der Waals surface area contributed by atoms with Crippen LogP contribution >= 0.6 is 0 Å². The molecule has 2 atom stereocenters. The number of aromatic nitrogens is 3. The van der Waals surface area contributed by atoms with E-state index in [1.165, 1.54) is 16.4 Å². The Morgan fingerprint density at radius 3 is 2.50 bits per heavy atom. The van der Waals surface area contributed by atoms with Crippen molar-refractivity contribution in [3.63, 3.8) is 0 Å². The fraction of sp³-hybridized carbons (Fsp3) is 0.467. The van der Waals surface area contributed by atoms with E-state index < -0.39 is 29.7 Å². The number of fused-ring (bicyclic) bond motifs is 1. The Balaban J connectivity index is 1.42. The van der Waals surface area contributed by atoms with Crippen molar-refractivity contribution in [3.05, 3.63) is 58.0 Å². The Labute approximate surface area is 247 Å². The topological polar surface area (TPSA) is 141 Å². The van der Waals surface area contributed by atoms with Crippen LogP contribution in [-0.4, -0.2) is 65.2 Å². The van der Waals surface area contributed by atoms with E-state index in [4.69, 9.17) is 4.98 Å². The molecular weight excluding hydrogens is 569 g/mol. The van der Waals surface area contributed by atoms with Gasteiger partial charge in [0.15, 0.2) is 0 Å². The fourth-order valence-electron chi connectivity index (χ4n) is 5.71. The van der Waals surface area contributed by atoms with Gasteiger partial charge in [0.25, 0.3) is 5.56 Å². The quantitative estimate of drug-likeness (QED) is 0.332. The highest BCUT2D eigenvalue weighted by Crippen LogP contribution is 2.39. The minimum absolute atomic E-state index is 0.0199. The average molecular weight is 605 g/mol. The lowest BCUT2D eigenvalue weighted by molar-refractivity contribution is 0.0266. The molecule has 220 valence electrons. The molecule has 3 aromatic rings. The van der Waals surface area contributed by atoms with Crippen LogP contribution in [0.1, 0.15) is 56.2 Å². The predicted octanol–water partition coefficient (Wildman–Crippen LogP) is 3.63. The molecule has 0 bridgehead atoms. The third-order valence-corrected chi connectivity index (χ3v) is 10.8. The van der Waals surface area contributed by atoms with Gasteiger partial charge in [-0.25, -0.2) is 13.4 Å². The van der Waals surface area contributed by atoms with Gasteiger partial charge in [0.2, 0.25) is 16.0 Å². The molecular formula is C30H36N6O4SSi. The smallest absolute Gasteiger partial charge is 0.268 e. The maximum atomic E-state index is 13.8. The van der Waals surface area contributed by atoms with Crippen LogP contribution in [0.25, 0.3) is 11.0 Å². The van der Waals surface area contributed by atoms with Gasteiger partial charge in [0, 0.05) is 30.7 Å². The Bertz CT molecular complexity index is 1790. The fourth-order valence-corrected chi connectivity index (χ4v) is 7.83. The van der Waals surface area contributed by atoms with Crippen LogP contribution in [0.2, 0.25) is 19.6 Å². The Kier molecular flexibility index (Phi) is 8.03. The van der Waals surface area contributed by atoms with Gasteiger partial charge in [0.1, 0.15) is 19.8 Å². The number of nitrogens with zero attached hydrogens (tertiary/aromatic N) is 5. The molecule has 1 saturated heterocycles. The van der Waals surface area contributed by atoms with Crippen LogP contribution in [0.15, 0.2) is 46.2 Å². The summed E-state index contributed by atoms with van der Waals surface area (Å²) in [6, 6.07) is 9.41. The molecule has 10 nitrogen and oxygen atoms in total. The van der Waals surface area contributed by atoms with E-state index in [0.29, 0.717) is 48.2 Å². The second-order valence-corrected chi connectivity index (χ2v) is 19.1. The number of aliphatic hydroxyl groups is 1. The molecule has 1 saturated carbocycles. The Hall–Kier alpha value is -3.55. The number of nitriles is 1. The summed E-state index contributed by atoms with van der Waals surface area (Å²) in [4.78, 5) is 23.1. The molecule has 1 aliphatic carbocycles. The highest BCUT2D eigenvalue weighted by Gasteiger charge is 2.40. The Morgan fingerprint density at radius 2 is 1.86 bits per heavy atom. The van der Waals surface area contributed by atoms with Gasteiger partial charge < -0.3 is 10.4 Å². The summed E-state index contributed by atoms with van der Waals surface area (Å²) in [5, 5.41) is 24.5. The van der Waals surface area contributed by atoms with E-state index >= 15 is 0 Å². The van der Waals surface area contributed by atoms with Crippen LogP contribution in [-0.2, 0) is 10.0 Å². The summed E-state index contributed by atoms with van der Waals surface area (Å²) < 4.78 is 29.5. The van der Waals surface area contributed by atoms with Crippen LogP contribution in [0.4, 0.5) is 5.95 Å². The zero-order chi connectivity index (χ0) is 30.3. The molecule has 2 fully saturated rings. The first kappa shape index (κ1) is 29.9. The molecule has 2 aliphatic rings. The lowest BCUT2D eigenvalue weighted by Crippen LogP contribution is -2.42. The molecule has 0 spiro atoms. The second-order valence-electron chi connectivity index (χ2n) is 12.4. The highest BCUT2D eigenvalue weighted by atomic mass is 32.2.